The summed E-state index contributed by atoms with van der Waals surface area (Å²) in [5, 5.41) is 10.8. The second kappa shape index (κ2) is 6.87. The largest absolute Gasteiger partial charge is 0.304 e. The van der Waals surface area contributed by atoms with E-state index in [9.17, 15) is 23.3 Å². The summed E-state index contributed by atoms with van der Waals surface area (Å²) >= 11 is 0. The van der Waals surface area contributed by atoms with Crippen molar-refractivity contribution >= 4 is 27.1 Å². The van der Waals surface area contributed by atoms with Crippen molar-refractivity contribution in [1.82, 2.24) is 0 Å². The average Bonchev–Trinajstić information content (AvgIpc) is 2.96. The van der Waals surface area contributed by atoms with Gasteiger partial charge in [0.1, 0.15) is 0 Å². The monoisotopic (exact) mass is 374 g/mol. The van der Waals surface area contributed by atoms with E-state index in [-0.39, 0.29) is 28.7 Å². The number of rotatable bonds is 4. The molecule has 1 aliphatic heterocycles. The van der Waals surface area contributed by atoms with Gasteiger partial charge in [0, 0.05) is 23.4 Å². The Morgan fingerprint density at radius 2 is 1.73 bits per heavy atom. The molecular weight excluding hydrogens is 356 g/mol. The van der Waals surface area contributed by atoms with Crippen molar-refractivity contribution in [2.75, 3.05) is 16.4 Å². The minimum atomic E-state index is -3.17. The molecule has 0 aliphatic carbocycles. The van der Waals surface area contributed by atoms with Crippen LogP contribution >= 0.6 is 0 Å². The highest BCUT2D eigenvalue weighted by Crippen LogP contribution is 2.27. The molecular formula is C18H18N2O5S. The third-order valence-corrected chi connectivity index (χ3v) is 6.18. The second-order valence-electron chi connectivity index (χ2n) is 6.37. The summed E-state index contributed by atoms with van der Waals surface area (Å²) < 4.78 is 23.8. The van der Waals surface area contributed by atoms with E-state index < -0.39 is 20.8 Å². The fourth-order valence-electron chi connectivity index (χ4n) is 3.04. The summed E-state index contributed by atoms with van der Waals surface area (Å²) in [6.07, 6.45) is 0.370. The van der Waals surface area contributed by atoms with Crippen molar-refractivity contribution in [3.63, 3.8) is 0 Å². The summed E-state index contributed by atoms with van der Waals surface area (Å²) in [6.45, 7) is 1.92. The molecule has 7 nitrogen and oxygen atoms in total. The van der Waals surface area contributed by atoms with Gasteiger partial charge in [0.25, 0.3) is 11.6 Å². The zero-order valence-corrected chi connectivity index (χ0v) is 15.0. The molecule has 3 rings (SSSR count). The maximum absolute atomic E-state index is 13.1. The molecule has 8 heteroatoms. The number of sulfone groups is 1. The summed E-state index contributed by atoms with van der Waals surface area (Å²) in [5.41, 5.74) is 1.81. The molecule has 0 bridgehead atoms. The molecule has 2 aromatic rings. The van der Waals surface area contributed by atoms with E-state index in [1.165, 1.54) is 29.2 Å². The van der Waals surface area contributed by atoms with Crippen LogP contribution in [0.25, 0.3) is 0 Å². The first kappa shape index (κ1) is 18.1. The third kappa shape index (κ3) is 3.75. The molecule has 1 unspecified atom stereocenters. The van der Waals surface area contributed by atoms with Gasteiger partial charge in [0.05, 0.1) is 22.5 Å². The standard InChI is InChI=1S/C18H18N2O5S/c1-13-2-6-15(7-3-13)19(17-10-11-26(24,25)12-17)18(21)14-4-8-16(9-5-14)20(22)23/h2-9,17H,10-12H2,1H3. The number of amides is 1. The van der Waals surface area contributed by atoms with Crippen LogP contribution in [0.1, 0.15) is 22.3 Å². The van der Waals surface area contributed by atoms with Crippen molar-refractivity contribution < 1.29 is 18.1 Å². The van der Waals surface area contributed by atoms with Gasteiger partial charge in [-0.2, -0.15) is 0 Å². The number of hydrogen-bond acceptors (Lipinski definition) is 5. The van der Waals surface area contributed by atoms with Gasteiger partial charge in [-0.3, -0.25) is 14.9 Å². The molecule has 136 valence electrons. The number of benzene rings is 2. The van der Waals surface area contributed by atoms with E-state index in [0.29, 0.717) is 12.1 Å². The maximum atomic E-state index is 13.1. The van der Waals surface area contributed by atoms with Crippen LogP contribution in [0, 0.1) is 17.0 Å². The number of aryl methyl sites for hydroxylation is 1. The highest BCUT2D eigenvalue weighted by molar-refractivity contribution is 7.91. The summed E-state index contributed by atoms with van der Waals surface area (Å²) in [6, 6.07) is 12.1. The van der Waals surface area contributed by atoms with Crippen LogP contribution in [0.15, 0.2) is 48.5 Å². The smallest absolute Gasteiger partial charge is 0.269 e. The number of nitro groups is 1. The molecule has 26 heavy (non-hydrogen) atoms. The van der Waals surface area contributed by atoms with Crippen molar-refractivity contribution in [1.29, 1.82) is 0 Å². The molecule has 1 amide bonds. The Hall–Kier alpha value is -2.74. The van der Waals surface area contributed by atoms with Crippen molar-refractivity contribution in [3.05, 3.63) is 69.8 Å². The Labute approximate surface area is 151 Å². The molecule has 1 atom stereocenters. The SMILES string of the molecule is Cc1ccc(N(C(=O)c2ccc([N+](=O)[O-])cc2)C2CCS(=O)(=O)C2)cc1. The van der Waals surface area contributed by atoms with E-state index in [1.807, 2.05) is 19.1 Å². The Balaban J connectivity index is 1.98. The van der Waals surface area contributed by atoms with Crippen LogP contribution in [0.2, 0.25) is 0 Å². The van der Waals surface area contributed by atoms with Crippen LogP contribution in [0.5, 0.6) is 0 Å². The van der Waals surface area contributed by atoms with Gasteiger partial charge in [-0.15, -0.1) is 0 Å². The number of carbonyl (C=O) groups is 1. The predicted octanol–water partition coefficient (Wildman–Crippen LogP) is 2.74. The first-order valence-electron chi connectivity index (χ1n) is 8.12. The second-order valence-corrected chi connectivity index (χ2v) is 8.60. The normalized spacial score (nSPS) is 18.4. The van der Waals surface area contributed by atoms with Crippen molar-refractivity contribution in [2.45, 2.75) is 19.4 Å². The number of hydrogen-bond donors (Lipinski definition) is 0. The molecule has 0 saturated carbocycles. The molecule has 0 aromatic heterocycles. The Bertz CT molecular complexity index is 937. The lowest BCUT2D eigenvalue weighted by molar-refractivity contribution is -0.384. The summed E-state index contributed by atoms with van der Waals surface area (Å²) in [7, 11) is -3.17. The summed E-state index contributed by atoms with van der Waals surface area (Å²) in [4.78, 5) is 24.8. The van der Waals surface area contributed by atoms with Gasteiger partial charge >= 0.3 is 0 Å². The van der Waals surface area contributed by atoms with Crippen LogP contribution in [-0.2, 0) is 9.84 Å². The lowest BCUT2D eigenvalue weighted by Crippen LogP contribution is -2.41. The molecule has 1 fully saturated rings. The van der Waals surface area contributed by atoms with E-state index in [4.69, 9.17) is 0 Å². The van der Waals surface area contributed by atoms with E-state index in [2.05, 4.69) is 0 Å². The maximum Gasteiger partial charge on any atom is 0.269 e. The van der Waals surface area contributed by atoms with Crippen LogP contribution in [0.4, 0.5) is 11.4 Å². The fourth-order valence-corrected chi connectivity index (χ4v) is 4.74. The van der Waals surface area contributed by atoms with Crippen LogP contribution < -0.4 is 4.90 Å². The predicted molar refractivity (Wildman–Crippen MR) is 98.1 cm³/mol. The molecule has 1 saturated heterocycles. The summed E-state index contributed by atoms with van der Waals surface area (Å²) in [5.74, 6) is -0.404. The van der Waals surface area contributed by atoms with Crippen LogP contribution in [0.3, 0.4) is 0 Å². The minimum absolute atomic E-state index is 0.0492. The molecule has 0 N–H and O–H groups in total. The number of non-ortho nitro benzene ring substituents is 1. The van der Waals surface area contributed by atoms with Gasteiger partial charge in [0.15, 0.2) is 9.84 Å². The molecule has 1 heterocycles. The Morgan fingerprint density at radius 3 is 2.23 bits per heavy atom. The van der Waals surface area contributed by atoms with Crippen molar-refractivity contribution in [2.24, 2.45) is 0 Å². The molecule has 0 radical (unpaired) electrons. The molecule has 1 aliphatic rings. The third-order valence-electron chi connectivity index (χ3n) is 4.43. The number of carbonyl (C=O) groups excluding carboxylic acids is 1. The first-order chi connectivity index (χ1) is 12.3. The first-order valence-corrected chi connectivity index (χ1v) is 9.94. The lowest BCUT2D eigenvalue weighted by Gasteiger charge is -2.28. The van der Waals surface area contributed by atoms with Gasteiger partial charge in [-0.05, 0) is 37.6 Å². The highest BCUT2D eigenvalue weighted by atomic mass is 32.2. The number of anilines is 1. The van der Waals surface area contributed by atoms with Crippen LogP contribution in [-0.4, -0.2) is 36.8 Å². The van der Waals surface area contributed by atoms with Gasteiger partial charge in [-0.1, -0.05) is 17.7 Å². The molecule has 0 spiro atoms. The van der Waals surface area contributed by atoms with Gasteiger partial charge in [-0.25, -0.2) is 8.42 Å². The van der Waals surface area contributed by atoms with Crippen molar-refractivity contribution in [3.8, 4) is 0 Å². The van der Waals surface area contributed by atoms with Gasteiger partial charge in [0.2, 0.25) is 0 Å². The fraction of sp³-hybridized carbons (Fsp3) is 0.278. The lowest BCUT2D eigenvalue weighted by atomic mass is 10.1. The number of nitro benzene ring substituents is 1. The Kier molecular flexibility index (Phi) is 4.78. The average molecular weight is 374 g/mol. The zero-order chi connectivity index (χ0) is 18.9. The topological polar surface area (TPSA) is 97.6 Å². The number of nitrogens with zero attached hydrogens (tertiary/aromatic N) is 2. The highest BCUT2D eigenvalue weighted by Gasteiger charge is 2.36. The van der Waals surface area contributed by atoms with Gasteiger partial charge < -0.3 is 4.90 Å². The molecule has 2 aromatic carbocycles. The van der Waals surface area contributed by atoms with E-state index >= 15 is 0 Å². The quantitative estimate of drug-likeness (QED) is 0.605. The minimum Gasteiger partial charge on any atom is -0.304 e. The van der Waals surface area contributed by atoms with E-state index in [0.717, 1.165) is 5.56 Å². The van der Waals surface area contributed by atoms with E-state index in [1.54, 1.807) is 12.1 Å². The zero-order valence-electron chi connectivity index (χ0n) is 14.2. The Morgan fingerprint density at radius 1 is 1.12 bits per heavy atom.